The number of aliphatic carboxylic acids is 1. The number of nitrogens with zero attached hydrogens (tertiary/aromatic N) is 2. The molecule has 9 nitrogen and oxygen atoms in total. The van der Waals surface area contributed by atoms with Gasteiger partial charge in [0.05, 0.1) is 5.39 Å². The molecule has 2 aromatic heterocycles. The molecule has 0 radical (unpaired) electrons. The van der Waals surface area contributed by atoms with Crippen LogP contribution < -0.4 is 16.0 Å². The molecule has 1 amide bonds. The molecule has 0 saturated heterocycles. The summed E-state index contributed by atoms with van der Waals surface area (Å²) in [6, 6.07) is 19.8. The largest absolute Gasteiger partial charge is 0.481 e. The predicted molar refractivity (Wildman–Crippen MR) is 154 cm³/mol. The number of unbranched alkanes of at least 4 members (excludes halogenated alkanes) is 3. The number of carbonyl (C=O) groups excluding carboxylic acids is 1. The van der Waals surface area contributed by atoms with E-state index in [1.807, 2.05) is 48.5 Å². The van der Waals surface area contributed by atoms with Crippen LogP contribution in [0.15, 0.2) is 67.0 Å². The Morgan fingerprint density at radius 3 is 2.46 bits per heavy atom. The maximum Gasteiger partial charge on any atom is 0.303 e. The monoisotopic (exact) mass is 528 g/mol. The number of carbonyl (C=O) groups is 2. The lowest BCUT2D eigenvalue weighted by molar-refractivity contribution is -0.137. The zero-order valence-electron chi connectivity index (χ0n) is 22.2. The molecular formula is C30H36N6O3. The smallest absolute Gasteiger partial charge is 0.303 e. The minimum atomic E-state index is -0.734. The van der Waals surface area contributed by atoms with Gasteiger partial charge in [0.25, 0.3) is 5.91 Å². The number of anilines is 1. The van der Waals surface area contributed by atoms with Gasteiger partial charge in [-0.05, 0) is 55.6 Å². The summed E-state index contributed by atoms with van der Waals surface area (Å²) in [5.41, 5.74) is 4.38. The van der Waals surface area contributed by atoms with E-state index >= 15 is 0 Å². The second kappa shape index (κ2) is 14.1. The predicted octanol–water partition coefficient (Wildman–Crippen LogP) is 5.15. The van der Waals surface area contributed by atoms with Gasteiger partial charge >= 0.3 is 5.97 Å². The summed E-state index contributed by atoms with van der Waals surface area (Å²) in [5.74, 6) is -0.0789. The van der Waals surface area contributed by atoms with Crippen molar-refractivity contribution in [3.8, 4) is 11.3 Å². The van der Waals surface area contributed by atoms with Crippen molar-refractivity contribution < 1.29 is 14.7 Å². The maximum absolute atomic E-state index is 12.5. The van der Waals surface area contributed by atoms with Crippen molar-refractivity contribution in [3.05, 3.63) is 78.1 Å². The highest BCUT2D eigenvalue weighted by Crippen LogP contribution is 2.29. The highest BCUT2D eigenvalue weighted by atomic mass is 16.4. The number of carboxylic acids is 1. The van der Waals surface area contributed by atoms with Crippen LogP contribution in [0.4, 0.5) is 5.82 Å². The van der Waals surface area contributed by atoms with Crippen LogP contribution in [0.25, 0.3) is 22.3 Å². The molecule has 0 aliphatic rings. The third-order valence-corrected chi connectivity index (χ3v) is 6.62. The highest BCUT2D eigenvalue weighted by molar-refractivity contribution is 5.95. The lowest BCUT2D eigenvalue weighted by Gasteiger charge is -2.15. The molecule has 5 N–H and O–H groups in total. The molecule has 9 heteroatoms. The van der Waals surface area contributed by atoms with E-state index in [9.17, 15) is 9.59 Å². The van der Waals surface area contributed by atoms with Gasteiger partial charge in [-0.15, -0.1) is 0 Å². The van der Waals surface area contributed by atoms with Crippen LogP contribution in [0.2, 0.25) is 0 Å². The zero-order chi connectivity index (χ0) is 27.5. The molecule has 2 heterocycles. The molecule has 39 heavy (non-hydrogen) atoms. The van der Waals surface area contributed by atoms with E-state index in [2.05, 4.69) is 50.0 Å². The number of aromatic nitrogens is 3. The van der Waals surface area contributed by atoms with Crippen LogP contribution in [0.1, 0.15) is 61.0 Å². The molecule has 4 aromatic rings. The molecule has 0 spiro atoms. The first-order valence-electron chi connectivity index (χ1n) is 13.5. The third-order valence-electron chi connectivity index (χ3n) is 6.62. The number of fused-ring (bicyclic) bond motifs is 1. The van der Waals surface area contributed by atoms with Gasteiger partial charge in [-0.25, -0.2) is 9.97 Å². The van der Waals surface area contributed by atoms with Crippen LogP contribution in [0.5, 0.6) is 0 Å². The summed E-state index contributed by atoms with van der Waals surface area (Å²) >= 11 is 0. The number of benzene rings is 2. The van der Waals surface area contributed by atoms with Gasteiger partial charge in [0.1, 0.15) is 17.8 Å². The number of amides is 1. The molecule has 2 aromatic carbocycles. The minimum Gasteiger partial charge on any atom is -0.481 e. The molecule has 0 aliphatic heterocycles. The summed E-state index contributed by atoms with van der Waals surface area (Å²) in [5, 5.41) is 19.3. The molecule has 1 atom stereocenters. The Morgan fingerprint density at radius 1 is 0.923 bits per heavy atom. The minimum absolute atomic E-state index is 0.0890. The second-order valence-corrected chi connectivity index (χ2v) is 9.59. The summed E-state index contributed by atoms with van der Waals surface area (Å²) in [7, 11) is 0. The highest BCUT2D eigenvalue weighted by Gasteiger charge is 2.13. The number of carboxylic acid groups (broad SMARTS) is 1. The summed E-state index contributed by atoms with van der Waals surface area (Å²) in [4.78, 5) is 35.3. The van der Waals surface area contributed by atoms with Gasteiger partial charge in [0.2, 0.25) is 0 Å². The number of nitrogens with one attached hydrogen (secondary N) is 4. The Morgan fingerprint density at radius 2 is 1.69 bits per heavy atom. The Labute approximate surface area is 228 Å². The summed E-state index contributed by atoms with van der Waals surface area (Å²) in [6.45, 7) is 4.19. The van der Waals surface area contributed by atoms with E-state index in [1.165, 1.54) is 5.56 Å². The number of H-pyrrole nitrogens is 1. The van der Waals surface area contributed by atoms with Crippen molar-refractivity contribution in [2.45, 2.75) is 45.1 Å². The molecule has 204 valence electrons. The van der Waals surface area contributed by atoms with Gasteiger partial charge in [-0.3, -0.25) is 9.59 Å². The number of aromatic amines is 1. The van der Waals surface area contributed by atoms with E-state index in [-0.39, 0.29) is 18.4 Å². The SMILES string of the molecule is CC(Nc1ncnc2[nH]c(-c3ccc(C(=O)NCCNCCCCCCC(=O)O)cc3)cc12)c1ccccc1. The van der Waals surface area contributed by atoms with E-state index < -0.39 is 5.97 Å². The summed E-state index contributed by atoms with van der Waals surface area (Å²) < 4.78 is 0. The van der Waals surface area contributed by atoms with Crippen LogP contribution in [-0.4, -0.2) is 51.6 Å². The average molecular weight is 529 g/mol. The summed E-state index contributed by atoms with van der Waals surface area (Å²) in [6.07, 6.45) is 5.45. The van der Waals surface area contributed by atoms with Crippen molar-refractivity contribution in [2.75, 3.05) is 25.0 Å². The lowest BCUT2D eigenvalue weighted by Crippen LogP contribution is -2.32. The molecule has 0 fully saturated rings. The number of hydrogen-bond acceptors (Lipinski definition) is 6. The Balaban J connectivity index is 1.26. The average Bonchev–Trinajstić information content (AvgIpc) is 3.40. The fourth-order valence-electron chi connectivity index (χ4n) is 4.41. The third kappa shape index (κ3) is 8.12. The standard InChI is InChI=1S/C30H36N6O3/c1-21(22-9-5-4-6-10-22)35-28-25-19-26(36-29(25)34-20-33-28)23-12-14-24(15-13-23)30(39)32-18-17-31-16-8-3-2-7-11-27(37)38/h4-6,9-10,12-15,19-21,31H,2-3,7-8,11,16-18H2,1H3,(H,32,39)(H,37,38)(H2,33,34,35,36). The van der Waals surface area contributed by atoms with Crippen molar-refractivity contribution in [2.24, 2.45) is 0 Å². The van der Waals surface area contributed by atoms with Gasteiger partial charge < -0.3 is 26.0 Å². The fourth-order valence-corrected chi connectivity index (χ4v) is 4.41. The second-order valence-electron chi connectivity index (χ2n) is 9.59. The van der Waals surface area contributed by atoms with E-state index in [0.29, 0.717) is 18.7 Å². The first-order valence-corrected chi connectivity index (χ1v) is 13.5. The lowest BCUT2D eigenvalue weighted by atomic mass is 10.1. The molecule has 1 unspecified atom stereocenters. The number of rotatable bonds is 15. The van der Waals surface area contributed by atoms with E-state index in [0.717, 1.165) is 60.3 Å². The van der Waals surface area contributed by atoms with Crippen LogP contribution in [-0.2, 0) is 4.79 Å². The van der Waals surface area contributed by atoms with Gasteiger partial charge in [-0.1, -0.05) is 55.3 Å². The van der Waals surface area contributed by atoms with Gasteiger partial charge in [0.15, 0.2) is 0 Å². The Kier molecular flexibility index (Phi) is 10.0. The first-order chi connectivity index (χ1) is 19.0. The molecule has 0 saturated carbocycles. The van der Waals surface area contributed by atoms with Crippen molar-refractivity contribution in [3.63, 3.8) is 0 Å². The molecule has 0 aliphatic carbocycles. The molecular weight excluding hydrogens is 492 g/mol. The topological polar surface area (TPSA) is 132 Å². The van der Waals surface area contributed by atoms with Crippen molar-refractivity contribution >= 4 is 28.7 Å². The van der Waals surface area contributed by atoms with Crippen molar-refractivity contribution in [1.82, 2.24) is 25.6 Å². The van der Waals surface area contributed by atoms with E-state index in [1.54, 1.807) is 6.33 Å². The fraction of sp³-hybridized carbons (Fsp3) is 0.333. The number of hydrogen-bond donors (Lipinski definition) is 5. The van der Waals surface area contributed by atoms with Crippen LogP contribution in [0.3, 0.4) is 0 Å². The van der Waals surface area contributed by atoms with E-state index in [4.69, 9.17) is 5.11 Å². The Hall–Kier alpha value is -4.24. The Bertz CT molecular complexity index is 1350. The normalized spacial score (nSPS) is 11.8. The molecule has 0 bridgehead atoms. The van der Waals surface area contributed by atoms with Crippen LogP contribution >= 0.6 is 0 Å². The van der Waals surface area contributed by atoms with Crippen molar-refractivity contribution in [1.29, 1.82) is 0 Å². The quantitative estimate of drug-likeness (QED) is 0.135. The van der Waals surface area contributed by atoms with Gasteiger partial charge in [0, 0.05) is 36.8 Å². The zero-order valence-corrected chi connectivity index (χ0v) is 22.2. The first kappa shape index (κ1) is 27.8. The molecule has 4 rings (SSSR count). The maximum atomic E-state index is 12.5. The van der Waals surface area contributed by atoms with Gasteiger partial charge in [-0.2, -0.15) is 0 Å². The van der Waals surface area contributed by atoms with Crippen LogP contribution in [0, 0.1) is 0 Å².